The van der Waals surface area contributed by atoms with Gasteiger partial charge in [0.15, 0.2) is 0 Å². The third kappa shape index (κ3) is 16.5. The molecule has 30 heavy (non-hydrogen) atoms. The first-order chi connectivity index (χ1) is 14.4. The molecule has 1 aromatic carbocycles. The Morgan fingerprint density at radius 1 is 0.467 bits per heavy atom. The molecule has 3 aromatic rings. The summed E-state index contributed by atoms with van der Waals surface area (Å²) in [6.45, 7) is 24.4. The van der Waals surface area contributed by atoms with Gasteiger partial charge in [0.25, 0.3) is 0 Å². The smallest absolute Gasteiger partial charge is 0.0401 e. The highest BCUT2D eigenvalue weighted by atomic mass is 14.7. The van der Waals surface area contributed by atoms with Gasteiger partial charge in [-0.3, -0.25) is 9.97 Å². The van der Waals surface area contributed by atoms with Gasteiger partial charge in [0.1, 0.15) is 0 Å². The van der Waals surface area contributed by atoms with Crippen LogP contribution in [0.3, 0.4) is 0 Å². The van der Waals surface area contributed by atoms with Gasteiger partial charge < -0.3 is 0 Å². The molecule has 0 spiro atoms. The molecule has 2 heterocycles. The third-order valence-corrected chi connectivity index (χ3v) is 4.00. The minimum atomic E-state index is 1.12. The van der Waals surface area contributed by atoms with Crippen LogP contribution in [0.25, 0.3) is 0 Å². The molecule has 0 amide bonds. The van der Waals surface area contributed by atoms with Crippen LogP contribution in [-0.4, -0.2) is 9.97 Å². The summed E-state index contributed by atoms with van der Waals surface area (Å²) < 4.78 is 0. The Morgan fingerprint density at radius 2 is 0.900 bits per heavy atom. The van der Waals surface area contributed by atoms with Gasteiger partial charge >= 0.3 is 0 Å². The highest BCUT2D eigenvalue weighted by molar-refractivity contribution is 5.23. The van der Waals surface area contributed by atoms with E-state index in [1.165, 1.54) is 27.8 Å². The lowest BCUT2D eigenvalue weighted by atomic mass is 10.1. The van der Waals surface area contributed by atoms with E-state index in [1.54, 1.807) is 0 Å². The van der Waals surface area contributed by atoms with Crippen molar-refractivity contribution in [1.29, 1.82) is 0 Å². The second-order valence-electron chi connectivity index (χ2n) is 5.95. The zero-order chi connectivity index (χ0) is 23.9. The number of aryl methyl sites for hydroxylation is 6. The van der Waals surface area contributed by atoms with Gasteiger partial charge in [-0.1, -0.05) is 71.9 Å². The van der Waals surface area contributed by atoms with Crippen molar-refractivity contribution in [2.45, 2.75) is 83.1 Å². The molecule has 2 heteroatoms. The van der Waals surface area contributed by atoms with Crippen molar-refractivity contribution >= 4 is 0 Å². The molecule has 2 nitrogen and oxygen atoms in total. The van der Waals surface area contributed by atoms with Gasteiger partial charge in [-0.25, -0.2) is 0 Å². The molecule has 0 bridgehead atoms. The van der Waals surface area contributed by atoms with Crippen LogP contribution in [0.5, 0.6) is 0 Å². The molecule has 0 radical (unpaired) electrons. The van der Waals surface area contributed by atoms with Gasteiger partial charge in [0.2, 0.25) is 0 Å². The van der Waals surface area contributed by atoms with E-state index in [0.29, 0.717) is 0 Å². The van der Waals surface area contributed by atoms with E-state index in [0.717, 1.165) is 5.69 Å². The molecule has 0 aliphatic rings. The Kier molecular flexibility index (Phi) is 24.5. The van der Waals surface area contributed by atoms with Crippen molar-refractivity contribution in [3.8, 4) is 0 Å². The van der Waals surface area contributed by atoms with Crippen LogP contribution < -0.4 is 0 Å². The first-order valence-electron chi connectivity index (χ1n) is 11.2. The van der Waals surface area contributed by atoms with Crippen LogP contribution in [-0.2, 0) is 0 Å². The van der Waals surface area contributed by atoms with Gasteiger partial charge in [0, 0.05) is 24.3 Å². The van der Waals surface area contributed by atoms with Crippen LogP contribution in [0.1, 0.15) is 75.1 Å². The van der Waals surface area contributed by atoms with Crippen LogP contribution >= 0.6 is 0 Å². The minimum absolute atomic E-state index is 1.12. The summed E-state index contributed by atoms with van der Waals surface area (Å²) in [7, 11) is 0. The van der Waals surface area contributed by atoms with E-state index in [4.69, 9.17) is 0 Å². The zero-order valence-electron chi connectivity index (χ0n) is 21.7. The van der Waals surface area contributed by atoms with Crippen molar-refractivity contribution in [3.05, 3.63) is 94.6 Å². The number of hydrogen-bond acceptors (Lipinski definition) is 2. The SMILES string of the molecule is CC.CC.CC.Cc1ccccc1C.Cc1cccnc1C.Cc1ccncc1C. The fourth-order valence-electron chi connectivity index (χ4n) is 1.77. The van der Waals surface area contributed by atoms with E-state index < -0.39 is 0 Å². The van der Waals surface area contributed by atoms with Crippen LogP contribution in [0.15, 0.2) is 61.1 Å². The fraction of sp³-hybridized carbons (Fsp3) is 0.429. The largest absolute Gasteiger partial charge is 0.264 e. The number of aromatic nitrogens is 2. The molecule has 3 rings (SSSR count). The maximum absolute atomic E-state index is 4.08. The third-order valence-electron chi connectivity index (χ3n) is 4.00. The monoisotopic (exact) mass is 410 g/mol. The first-order valence-corrected chi connectivity index (χ1v) is 11.2. The number of rotatable bonds is 0. The second-order valence-corrected chi connectivity index (χ2v) is 5.95. The summed E-state index contributed by atoms with van der Waals surface area (Å²) in [5, 5.41) is 0. The Labute approximate surface area is 187 Å². The minimum Gasteiger partial charge on any atom is -0.264 e. The lowest BCUT2D eigenvalue weighted by Crippen LogP contribution is -1.81. The van der Waals surface area contributed by atoms with Crippen molar-refractivity contribution in [3.63, 3.8) is 0 Å². The van der Waals surface area contributed by atoms with Crippen molar-refractivity contribution in [2.24, 2.45) is 0 Å². The van der Waals surface area contributed by atoms with Crippen LogP contribution in [0, 0.1) is 41.5 Å². The Balaban J connectivity index is -0.000000323. The van der Waals surface area contributed by atoms with Crippen molar-refractivity contribution in [1.82, 2.24) is 9.97 Å². The maximum Gasteiger partial charge on any atom is 0.0401 e. The molecule has 2 aromatic heterocycles. The molecule has 0 saturated carbocycles. The van der Waals surface area contributed by atoms with E-state index in [9.17, 15) is 0 Å². The quantitative estimate of drug-likeness (QED) is 0.370. The average Bonchev–Trinajstić information content (AvgIpc) is 2.80. The van der Waals surface area contributed by atoms with Gasteiger partial charge in [0.05, 0.1) is 0 Å². The lowest BCUT2D eigenvalue weighted by Gasteiger charge is -1.93. The summed E-state index contributed by atoms with van der Waals surface area (Å²) >= 11 is 0. The fourth-order valence-corrected chi connectivity index (χ4v) is 1.77. The predicted octanol–water partition coefficient (Wildman–Crippen LogP) is 8.78. The highest BCUT2D eigenvalue weighted by Crippen LogP contribution is 2.02. The normalized spacial score (nSPS) is 8.00. The molecule has 0 aliphatic heterocycles. The first kappa shape index (κ1) is 32.2. The van der Waals surface area contributed by atoms with Crippen LogP contribution in [0.2, 0.25) is 0 Å². The standard InChI is InChI=1S/C8H10.2C7H9N.3C2H6/c1-7-5-3-4-6-8(7)2;1-6-3-4-8-5-7(6)2;1-6-4-3-5-8-7(6)2;3*1-2/h3-6H,1-2H3;2*3-5H,1-2H3;3*1-2H3. The highest BCUT2D eigenvalue weighted by Gasteiger charge is 1.86. The summed E-state index contributed by atoms with van der Waals surface area (Å²) in [6.07, 6.45) is 5.49. The average molecular weight is 411 g/mol. The number of nitrogens with zero attached hydrogens (tertiary/aromatic N) is 2. The zero-order valence-corrected chi connectivity index (χ0v) is 21.7. The predicted molar refractivity (Wildman–Crippen MR) is 137 cm³/mol. The molecule has 0 unspecified atom stereocenters. The molecule has 0 saturated heterocycles. The van der Waals surface area contributed by atoms with Gasteiger partial charge in [-0.15, -0.1) is 0 Å². The lowest BCUT2D eigenvalue weighted by molar-refractivity contribution is 1.15. The van der Waals surface area contributed by atoms with Crippen molar-refractivity contribution in [2.75, 3.05) is 0 Å². The summed E-state index contributed by atoms with van der Waals surface area (Å²) in [4.78, 5) is 8.02. The van der Waals surface area contributed by atoms with Gasteiger partial charge in [-0.2, -0.15) is 0 Å². The summed E-state index contributed by atoms with van der Waals surface area (Å²) in [5.41, 5.74) is 7.67. The molecular weight excluding hydrogens is 364 g/mol. The molecule has 0 fully saturated rings. The number of benzene rings is 1. The maximum atomic E-state index is 4.08. The van der Waals surface area contributed by atoms with Gasteiger partial charge in [-0.05, 0) is 81.5 Å². The molecule has 168 valence electrons. The van der Waals surface area contributed by atoms with E-state index in [1.807, 2.05) is 79.2 Å². The van der Waals surface area contributed by atoms with E-state index in [-0.39, 0.29) is 0 Å². The molecule has 0 atom stereocenters. The second kappa shape index (κ2) is 22.8. The Hall–Kier alpha value is -2.48. The van der Waals surface area contributed by atoms with Crippen molar-refractivity contribution < 1.29 is 0 Å². The molecular formula is C28H46N2. The molecule has 0 aliphatic carbocycles. The molecule has 0 N–H and O–H groups in total. The summed E-state index contributed by atoms with van der Waals surface area (Å²) in [5.74, 6) is 0. The Morgan fingerprint density at radius 3 is 1.17 bits per heavy atom. The van der Waals surface area contributed by atoms with Crippen LogP contribution in [0.4, 0.5) is 0 Å². The number of pyridine rings is 2. The topological polar surface area (TPSA) is 25.8 Å². The number of hydrogen-bond donors (Lipinski definition) is 0. The Bertz CT molecular complexity index is 582. The van der Waals surface area contributed by atoms with E-state index >= 15 is 0 Å². The van der Waals surface area contributed by atoms with E-state index in [2.05, 4.69) is 74.9 Å². The summed E-state index contributed by atoms with van der Waals surface area (Å²) in [6, 6.07) is 14.4.